The lowest BCUT2D eigenvalue weighted by molar-refractivity contribution is -0.139. The maximum absolute atomic E-state index is 9.45. The van der Waals surface area contributed by atoms with Gasteiger partial charge in [-0.3, -0.25) is 4.90 Å². The normalized spacial score (nSPS) is 44.3. The Morgan fingerprint density at radius 2 is 2.00 bits per heavy atom. The van der Waals surface area contributed by atoms with E-state index < -0.39 is 0 Å². The SMILES string of the molecule is CN(C)C1(C#N)CCC2CC1C2(C)C. The van der Waals surface area contributed by atoms with Gasteiger partial charge < -0.3 is 0 Å². The van der Waals surface area contributed by atoms with Crippen LogP contribution in [-0.4, -0.2) is 24.5 Å². The summed E-state index contributed by atoms with van der Waals surface area (Å²) in [6.07, 6.45) is 3.56. The Kier molecular flexibility index (Phi) is 1.95. The van der Waals surface area contributed by atoms with Crippen LogP contribution >= 0.6 is 0 Å². The molecule has 0 heterocycles. The van der Waals surface area contributed by atoms with E-state index in [0.29, 0.717) is 11.3 Å². The van der Waals surface area contributed by atoms with Gasteiger partial charge in [-0.25, -0.2) is 0 Å². The highest BCUT2D eigenvalue weighted by Gasteiger charge is 2.62. The van der Waals surface area contributed by atoms with Gasteiger partial charge in [0.25, 0.3) is 0 Å². The largest absolute Gasteiger partial charge is 0.291 e. The van der Waals surface area contributed by atoms with Gasteiger partial charge in [0.1, 0.15) is 5.54 Å². The zero-order chi connectivity index (χ0) is 10.6. The Hall–Kier alpha value is -0.550. The molecule has 3 aliphatic rings. The fourth-order valence-corrected chi connectivity index (χ4v) is 3.65. The minimum atomic E-state index is -0.182. The van der Waals surface area contributed by atoms with Gasteiger partial charge in [-0.05, 0) is 50.6 Å². The molecular formula is C12H20N2. The van der Waals surface area contributed by atoms with Crippen molar-refractivity contribution in [3.05, 3.63) is 0 Å². The molecule has 3 unspecified atom stereocenters. The Morgan fingerprint density at radius 3 is 2.29 bits per heavy atom. The molecule has 0 amide bonds. The second-order valence-corrected chi connectivity index (χ2v) is 5.78. The Labute approximate surface area is 86.9 Å². The van der Waals surface area contributed by atoms with Crippen LogP contribution in [0.3, 0.4) is 0 Å². The fourth-order valence-electron chi connectivity index (χ4n) is 3.65. The monoisotopic (exact) mass is 192 g/mol. The minimum Gasteiger partial charge on any atom is -0.291 e. The Balaban J connectivity index is 2.34. The van der Waals surface area contributed by atoms with Crippen LogP contribution in [0.5, 0.6) is 0 Å². The van der Waals surface area contributed by atoms with Crippen LogP contribution in [0, 0.1) is 28.6 Å². The molecule has 2 nitrogen and oxygen atoms in total. The predicted molar refractivity (Wildman–Crippen MR) is 56.6 cm³/mol. The van der Waals surface area contributed by atoms with E-state index in [1.807, 2.05) is 0 Å². The number of rotatable bonds is 1. The molecule has 3 atom stereocenters. The zero-order valence-electron chi connectivity index (χ0n) is 9.67. The highest BCUT2D eigenvalue weighted by Crippen LogP contribution is 2.63. The topological polar surface area (TPSA) is 27.0 Å². The van der Waals surface area contributed by atoms with Crippen LogP contribution in [0.2, 0.25) is 0 Å². The van der Waals surface area contributed by atoms with E-state index in [1.54, 1.807) is 0 Å². The number of nitriles is 1. The predicted octanol–water partition coefficient (Wildman–Crippen LogP) is 2.27. The molecule has 0 aliphatic heterocycles. The number of hydrogen-bond acceptors (Lipinski definition) is 2. The van der Waals surface area contributed by atoms with E-state index in [4.69, 9.17) is 0 Å². The summed E-state index contributed by atoms with van der Waals surface area (Å²) in [5.74, 6) is 1.45. The van der Waals surface area contributed by atoms with Gasteiger partial charge >= 0.3 is 0 Å². The summed E-state index contributed by atoms with van der Waals surface area (Å²) in [6.45, 7) is 4.67. The molecule has 78 valence electrons. The lowest BCUT2D eigenvalue weighted by Crippen LogP contribution is -2.65. The summed E-state index contributed by atoms with van der Waals surface area (Å²) in [5.41, 5.74) is 0.205. The Bertz CT molecular complexity index is 285. The standard InChI is InChI=1S/C12H20N2/c1-11(2)9-5-6-12(8-13,14(3)4)10(11)7-9/h9-10H,5-7H2,1-4H3. The second kappa shape index (κ2) is 2.73. The van der Waals surface area contributed by atoms with Crippen molar-refractivity contribution in [3.63, 3.8) is 0 Å². The van der Waals surface area contributed by atoms with E-state index in [0.717, 1.165) is 12.3 Å². The number of fused-ring (bicyclic) bond motifs is 2. The van der Waals surface area contributed by atoms with Gasteiger partial charge in [-0.2, -0.15) is 5.26 Å². The number of nitrogens with zero attached hydrogens (tertiary/aromatic N) is 2. The van der Waals surface area contributed by atoms with Gasteiger partial charge in [-0.15, -0.1) is 0 Å². The van der Waals surface area contributed by atoms with Crippen molar-refractivity contribution < 1.29 is 0 Å². The van der Waals surface area contributed by atoms with Gasteiger partial charge in [0.2, 0.25) is 0 Å². The highest BCUT2D eigenvalue weighted by molar-refractivity contribution is 5.22. The number of hydrogen-bond donors (Lipinski definition) is 0. The zero-order valence-corrected chi connectivity index (χ0v) is 9.67. The molecule has 0 radical (unpaired) electrons. The molecule has 3 aliphatic carbocycles. The van der Waals surface area contributed by atoms with Crippen molar-refractivity contribution in [3.8, 4) is 6.07 Å². The van der Waals surface area contributed by atoms with Crippen LogP contribution < -0.4 is 0 Å². The molecule has 2 heteroatoms. The first-order valence-electron chi connectivity index (χ1n) is 5.54. The second-order valence-electron chi connectivity index (χ2n) is 5.78. The third-order valence-electron chi connectivity index (χ3n) is 4.91. The van der Waals surface area contributed by atoms with Crippen LogP contribution in [0.25, 0.3) is 0 Å². The summed E-state index contributed by atoms with van der Waals surface area (Å²) >= 11 is 0. The van der Waals surface area contributed by atoms with Gasteiger partial charge in [-0.1, -0.05) is 13.8 Å². The average molecular weight is 192 g/mol. The molecule has 0 spiro atoms. The first kappa shape index (κ1) is 9.98. The maximum atomic E-state index is 9.45. The molecule has 3 rings (SSSR count). The molecule has 3 saturated carbocycles. The highest BCUT2D eigenvalue weighted by atomic mass is 15.2. The first-order valence-corrected chi connectivity index (χ1v) is 5.54. The summed E-state index contributed by atoms with van der Waals surface area (Å²) in [7, 11) is 4.11. The molecule has 0 aromatic heterocycles. The van der Waals surface area contributed by atoms with E-state index in [2.05, 4.69) is 38.9 Å². The van der Waals surface area contributed by atoms with Crippen LogP contribution in [0.4, 0.5) is 0 Å². The summed E-state index contributed by atoms with van der Waals surface area (Å²) < 4.78 is 0. The molecular weight excluding hydrogens is 172 g/mol. The lowest BCUT2D eigenvalue weighted by atomic mass is 9.43. The third-order valence-corrected chi connectivity index (χ3v) is 4.91. The molecule has 3 fully saturated rings. The molecule has 2 bridgehead atoms. The van der Waals surface area contributed by atoms with Gasteiger partial charge in [0.15, 0.2) is 0 Å². The van der Waals surface area contributed by atoms with Crippen molar-refractivity contribution in [2.45, 2.75) is 38.6 Å². The molecule has 0 aromatic rings. The van der Waals surface area contributed by atoms with Gasteiger partial charge in [0, 0.05) is 0 Å². The van der Waals surface area contributed by atoms with Crippen LogP contribution in [0.15, 0.2) is 0 Å². The minimum absolute atomic E-state index is 0.182. The maximum Gasteiger partial charge on any atom is 0.112 e. The van der Waals surface area contributed by atoms with Gasteiger partial charge in [0.05, 0.1) is 6.07 Å². The fraction of sp³-hybridized carbons (Fsp3) is 0.917. The summed E-state index contributed by atoms with van der Waals surface area (Å²) in [4.78, 5) is 2.15. The van der Waals surface area contributed by atoms with Crippen LogP contribution in [-0.2, 0) is 0 Å². The smallest absolute Gasteiger partial charge is 0.112 e. The van der Waals surface area contributed by atoms with E-state index in [-0.39, 0.29) is 5.54 Å². The van der Waals surface area contributed by atoms with Crippen LogP contribution in [0.1, 0.15) is 33.1 Å². The third kappa shape index (κ3) is 0.941. The summed E-state index contributed by atoms with van der Waals surface area (Å²) in [5, 5.41) is 9.45. The molecule has 0 N–H and O–H groups in total. The first-order chi connectivity index (χ1) is 6.45. The average Bonchev–Trinajstić information content (AvgIpc) is 2.17. The van der Waals surface area contributed by atoms with Crippen molar-refractivity contribution in [1.29, 1.82) is 5.26 Å². The Morgan fingerprint density at radius 1 is 1.36 bits per heavy atom. The van der Waals surface area contributed by atoms with E-state index >= 15 is 0 Å². The molecule has 14 heavy (non-hydrogen) atoms. The molecule has 0 aromatic carbocycles. The summed E-state index contributed by atoms with van der Waals surface area (Å²) in [6, 6.07) is 2.59. The lowest BCUT2D eigenvalue weighted by Gasteiger charge is -2.64. The van der Waals surface area contributed by atoms with E-state index in [9.17, 15) is 5.26 Å². The van der Waals surface area contributed by atoms with Crippen molar-refractivity contribution in [2.24, 2.45) is 17.3 Å². The van der Waals surface area contributed by atoms with Crippen molar-refractivity contribution >= 4 is 0 Å². The van der Waals surface area contributed by atoms with E-state index in [1.165, 1.54) is 12.8 Å². The van der Waals surface area contributed by atoms with Crippen molar-refractivity contribution in [1.82, 2.24) is 4.90 Å². The van der Waals surface area contributed by atoms with Crippen molar-refractivity contribution in [2.75, 3.05) is 14.1 Å². The molecule has 0 saturated heterocycles. The quantitative estimate of drug-likeness (QED) is 0.637.